The Kier molecular flexibility index (Phi) is 2.92. The van der Waals surface area contributed by atoms with Crippen LogP contribution in [0.3, 0.4) is 0 Å². The van der Waals surface area contributed by atoms with E-state index in [2.05, 4.69) is 25.3 Å². The molecule has 0 fully saturated rings. The zero-order chi connectivity index (χ0) is 12.6. The Morgan fingerprint density at radius 1 is 1.29 bits per heavy atom. The zero-order valence-electron chi connectivity index (χ0n) is 10.7. The van der Waals surface area contributed by atoms with Crippen LogP contribution in [0.15, 0.2) is 24.4 Å². The van der Waals surface area contributed by atoms with Crippen LogP contribution < -0.4 is 0 Å². The minimum atomic E-state index is -0.281. The van der Waals surface area contributed by atoms with Crippen molar-refractivity contribution >= 4 is 16.9 Å². The molecule has 0 N–H and O–H groups in total. The molecule has 0 aliphatic carbocycles. The van der Waals surface area contributed by atoms with Crippen LogP contribution in [0.5, 0.6) is 0 Å². The van der Waals surface area contributed by atoms with Crippen LogP contribution in [0.4, 0.5) is 0 Å². The summed E-state index contributed by atoms with van der Waals surface area (Å²) in [5.41, 5.74) is 2.92. The van der Waals surface area contributed by atoms with Crippen LogP contribution in [0.1, 0.15) is 35.8 Å². The van der Waals surface area contributed by atoms with E-state index in [0.717, 1.165) is 10.9 Å². The second kappa shape index (κ2) is 4.24. The van der Waals surface area contributed by atoms with Crippen molar-refractivity contribution in [2.45, 2.75) is 26.8 Å². The van der Waals surface area contributed by atoms with Crippen LogP contribution in [-0.4, -0.2) is 17.6 Å². The third kappa shape index (κ3) is 1.82. The summed E-state index contributed by atoms with van der Waals surface area (Å²) in [5.74, 6) is -0.281. The van der Waals surface area contributed by atoms with E-state index in [1.54, 1.807) is 0 Å². The Balaban J connectivity index is 2.76. The fraction of sp³-hybridized carbons (Fsp3) is 0.357. The number of carbonyl (C=O) groups excluding carboxylic acids is 1. The lowest BCUT2D eigenvalue weighted by atomic mass is 10.1. The van der Waals surface area contributed by atoms with E-state index >= 15 is 0 Å². The maximum atomic E-state index is 11.7. The Labute approximate surface area is 101 Å². The Morgan fingerprint density at radius 2 is 2.00 bits per heavy atom. The summed E-state index contributed by atoms with van der Waals surface area (Å²) in [7, 11) is 1.41. The fourth-order valence-corrected chi connectivity index (χ4v) is 2.18. The minimum absolute atomic E-state index is 0.281. The van der Waals surface area contributed by atoms with Gasteiger partial charge in [0.05, 0.1) is 18.2 Å². The number of hydrogen-bond donors (Lipinski definition) is 0. The van der Waals surface area contributed by atoms with E-state index in [1.807, 2.05) is 24.4 Å². The van der Waals surface area contributed by atoms with E-state index in [4.69, 9.17) is 4.74 Å². The number of methoxy groups -OCH3 is 1. The average molecular weight is 231 g/mol. The molecule has 0 amide bonds. The van der Waals surface area contributed by atoms with Crippen molar-refractivity contribution < 1.29 is 9.53 Å². The van der Waals surface area contributed by atoms with Gasteiger partial charge in [-0.15, -0.1) is 0 Å². The molecule has 0 bridgehead atoms. The fourth-order valence-electron chi connectivity index (χ4n) is 2.18. The summed E-state index contributed by atoms with van der Waals surface area (Å²) < 4.78 is 6.98. The molecule has 3 heteroatoms. The Morgan fingerprint density at radius 3 is 2.59 bits per heavy atom. The van der Waals surface area contributed by atoms with E-state index in [1.165, 1.54) is 12.7 Å². The number of hydrogen-bond acceptors (Lipinski definition) is 2. The average Bonchev–Trinajstić information content (AvgIpc) is 2.74. The number of ether oxygens (including phenoxy) is 1. The summed E-state index contributed by atoms with van der Waals surface area (Å²) in [4.78, 5) is 11.7. The van der Waals surface area contributed by atoms with Crippen LogP contribution in [-0.2, 0) is 4.74 Å². The monoisotopic (exact) mass is 231 g/mol. The van der Waals surface area contributed by atoms with Gasteiger partial charge in [-0.2, -0.15) is 0 Å². The van der Waals surface area contributed by atoms with Gasteiger partial charge in [-0.05, 0) is 38.5 Å². The van der Waals surface area contributed by atoms with Gasteiger partial charge >= 0.3 is 5.97 Å². The molecule has 90 valence electrons. The molecule has 0 atom stereocenters. The van der Waals surface area contributed by atoms with Crippen molar-refractivity contribution in [1.82, 2.24) is 4.57 Å². The number of fused-ring (bicyclic) bond motifs is 1. The van der Waals surface area contributed by atoms with Crippen molar-refractivity contribution in [3.8, 4) is 0 Å². The van der Waals surface area contributed by atoms with E-state index in [-0.39, 0.29) is 5.97 Å². The first-order chi connectivity index (χ1) is 8.06. The molecule has 0 saturated carbocycles. The number of aromatic nitrogens is 1. The molecule has 0 spiro atoms. The Hall–Kier alpha value is -1.77. The summed E-state index contributed by atoms with van der Waals surface area (Å²) in [6.07, 6.45) is 2.02. The molecule has 1 aromatic heterocycles. The molecule has 0 radical (unpaired) electrons. The predicted molar refractivity (Wildman–Crippen MR) is 68.4 cm³/mol. The number of rotatable bonds is 2. The molecular formula is C14H17NO2. The Bertz CT molecular complexity index is 567. The number of carbonyl (C=O) groups is 1. The second-order valence-electron chi connectivity index (χ2n) is 4.50. The van der Waals surface area contributed by atoms with Crippen molar-refractivity contribution in [2.24, 2.45) is 0 Å². The smallest absolute Gasteiger partial charge is 0.338 e. The molecule has 17 heavy (non-hydrogen) atoms. The molecule has 2 aromatic rings. The summed E-state index contributed by atoms with van der Waals surface area (Å²) >= 11 is 0. The SMILES string of the molecule is COC(=O)c1ccc(C)c2c1ccn2C(C)C. The molecule has 1 heterocycles. The van der Waals surface area contributed by atoms with Crippen LogP contribution in [0.25, 0.3) is 10.9 Å². The minimum Gasteiger partial charge on any atom is -0.465 e. The highest BCUT2D eigenvalue weighted by atomic mass is 16.5. The van der Waals surface area contributed by atoms with Crippen molar-refractivity contribution in [2.75, 3.05) is 7.11 Å². The van der Waals surface area contributed by atoms with Gasteiger partial charge in [-0.3, -0.25) is 0 Å². The van der Waals surface area contributed by atoms with Gasteiger partial charge < -0.3 is 9.30 Å². The molecule has 1 aromatic carbocycles. The second-order valence-corrected chi connectivity index (χ2v) is 4.50. The quantitative estimate of drug-likeness (QED) is 0.742. The first kappa shape index (κ1) is 11.7. The molecule has 0 aliphatic rings. The third-order valence-electron chi connectivity index (χ3n) is 3.04. The molecule has 0 saturated heterocycles. The first-order valence-corrected chi connectivity index (χ1v) is 5.74. The first-order valence-electron chi connectivity index (χ1n) is 5.74. The molecular weight excluding hydrogens is 214 g/mol. The van der Waals surface area contributed by atoms with Gasteiger partial charge in [-0.1, -0.05) is 6.07 Å². The lowest BCUT2D eigenvalue weighted by Gasteiger charge is -2.12. The summed E-state index contributed by atoms with van der Waals surface area (Å²) in [6, 6.07) is 6.15. The maximum Gasteiger partial charge on any atom is 0.338 e. The van der Waals surface area contributed by atoms with E-state index in [9.17, 15) is 4.79 Å². The number of esters is 1. The van der Waals surface area contributed by atoms with Gasteiger partial charge in [-0.25, -0.2) is 4.79 Å². The summed E-state index contributed by atoms with van der Waals surface area (Å²) in [6.45, 7) is 6.32. The zero-order valence-corrected chi connectivity index (χ0v) is 10.7. The number of aryl methyl sites for hydroxylation is 1. The molecule has 0 unspecified atom stereocenters. The number of benzene rings is 1. The molecule has 3 nitrogen and oxygen atoms in total. The van der Waals surface area contributed by atoms with Crippen LogP contribution >= 0.6 is 0 Å². The van der Waals surface area contributed by atoms with Crippen molar-refractivity contribution in [3.05, 3.63) is 35.5 Å². The molecule has 0 aliphatic heterocycles. The predicted octanol–water partition coefficient (Wildman–Crippen LogP) is 3.32. The highest BCUT2D eigenvalue weighted by Crippen LogP contribution is 2.26. The van der Waals surface area contributed by atoms with Gasteiger partial charge in [0.2, 0.25) is 0 Å². The lowest BCUT2D eigenvalue weighted by Crippen LogP contribution is -2.04. The highest BCUT2D eigenvalue weighted by Gasteiger charge is 2.15. The van der Waals surface area contributed by atoms with Gasteiger partial charge in [0.1, 0.15) is 0 Å². The highest BCUT2D eigenvalue weighted by molar-refractivity contribution is 6.04. The van der Waals surface area contributed by atoms with Gasteiger partial charge in [0.15, 0.2) is 0 Å². The summed E-state index contributed by atoms with van der Waals surface area (Å²) in [5, 5.41) is 0.963. The van der Waals surface area contributed by atoms with Gasteiger partial charge in [0.25, 0.3) is 0 Å². The normalized spacial score (nSPS) is 11.1. The van der Waals surface area contributed by atoms with Crippen molar-refractivity contribution in [1.29, 1.82) is 0 Å². The van der Waals surface area contributed by atoms with Crippen molar-refractivity contribution in [3.63, 3.8) is 0 Å². The largest absolute Gasteiger partial charge is 0.465 e. The molecule has 2 rings (SSSR count). The van der Waals surface area contributed by atoms with E-state index < -0.39 is 0 Å². The van der Waals surface area contributed by atoms with Crippen LogP contribution in [0.2, 0.25) is 0 Å². The number of nitrogens with zero attached hydrogens (tertiary/aromatic N) is 1. The third-order valence-corrected chi connectivity index (χ3v) is 3.04. The maximum absolute atomic E-state index is 11.7. The lowest BCUT2D eigenvalue weighted by molar-refractivity contribution is 0.0603. The van der Waals surface area contributed by atoms with Crippen LogP contribution in [0, 0.1) is 6.92 Å². The van der Waals surface area contributed by atoms with E-state index in [0.29, 0.717) is 11.6 Å². The standard InChI is InChI=1S/C14H17NO2/c1-9(2)15-8-7-11-12(14(16)17-4)6-5-10(3)13(11)15/h5-9H,1-4H3. The van der Waals surface area contributed by atoms with Gasteiger partial charge in [0, 0.05) is 17.6 Å². The topological polar surface area (TPSA) is 31.2 Å².